The Kier molecular flexibility index (Phi) is 1.92. The van der Waals surface area contributed by atoms with E-state index in [4.69, 9.17) is 0 Å². The molecule has 0 aliphatic carbocycles. The summed E-state index contributed by atoms with van der Waals surface area (Å²) >= 11 is 3.38. The fourth-order valence-corrected chi connectivity index (χ4v) is 1.91. The summed E-state index contributed by atoms with van der Waals surface area (Å²) in [6.07, 6.45) is 2.66. The molecule has 0 N–H and O–H groups in total. The zero-order valence-electron chi connectivity index (χ0n) is 6.99. The van der Waals surface area contributed by atoms with E-state index in [2.05, 4.69) is 20.9 Å². The first-order chi connectivity index (χ1) is 6.24. The lowest BCUT2D eigenvalue weighted by atomic mass is 10.3. The molecular formula is C9H7BrN2O. The first-order valence-corrected chi connectivity index (χ1v) is 4.61. The van der Waals surface area contributed by atoms with Crippen LogP contribution in [0.25, 0.3) is 5.52 Å². The van der Waals surface area contributed by atoms with Crippen molar-refractivity contribution >= 4 is 27.7 Å². The summed E-state index contributed by atoms with van der Waals surface area (Å²) in [6.45, 7) is 1.87. The van der Waals surface area contributed by atoms with E-state index in [1.54, 1.807) is 0 Å². The van der Waals surface area contributed by atoms with Crippen molar-refractivity contribution in [2.45, 2.75) is 6.92 Å². The molecule has 0 amide bonds. The molecule has 0 aliphatic rings. The molecule has 0 unspecified atom stereocenters. The topological polar surface area (TPSA) is 34.4 Å². The number of halogens is 1. The van der Waals surface area contributed by atoms with Gasteiger partial charge in [0.05, 0.1) is 5.52 Å². The molecule has 2 aromatic heterocycles. The number of aromatic nitrogens is 2. The van der Waals surface area contributed by atoms with Crippen LogP contribution in [0.2, 0.25) is 0 Å². The standard InChI is InChI=1S/C9H7BrN2O/c1-6-11-8(5-13)9-7(10)3-2-4-12(6)9/h2-5H,1H3. The highest BCUT2D eigenvalue weighted by atomic mass is 79.9. The summed E-state index contributed by atoms with van der Waals surface area (Å²) in [5.74, 6) is 0.818. The van der Waals surface area contributed by atoms with Gasteiger partial charge in [-0.05, 0) is 35.0 Å². The first kappa shape index (κ1) is 8.44. The minimum Gasteiger partial charge on any atom is -0.302 e. The minimum atomic E-state index is 0.477. The Morgan fingerprint density at radius 2 is 2.38 bits per heavy atom. The van der Waals surface area contributed by atoms with E-state index in [-0.39, 0.29) is 0 Å². The molecule has 2 heterocycles. The van der Waals surface area contributed by atoms with Crippen molar-refractivity contribution in [2.75, 3.05) is 0 Å². The molecule has 2 rings (SSSR count). The van der Waals surface area contributed by atoms with Crippen molar-refractivity contribution in [3.05, 3.63) is 34.3 Å². The number of hydrogen-bond donors (Lipinski definition) is 0. The monoisotopic (exact) mass is 238 g/mol. The van der Waals surface area contributed by atoms with Crippen LogP contribution in [0.3, 0.4) is 0 Å². The third-order valence-electron chi connectivity index (χ3n) is 1.93. The van der Waals surface area contributed by atoms with Crippen LogP contribution in [-0.2, 0) is 0 Å². The number of hydrogen-bond acceptors (Lipinski definition) is 2. The predicted octanol–water partition coefficient (Wildman–Crippen LogP) is 2.22. The number of nitrogens with zero attached hydrogens (tertiary/aromatic N) is 2. The number of carbonyl (C=O) groups is 1. The van der Waals surface area contributed by atoms with Crippen molar-refractivity contribution < 1.29 is 4.79 Å². The number of aryl methyl sites for hydroxylation is 1. The quantitative estimate of drug-likeness (QED) is 0.715. The van der Waals surface area contributed by atoms with Gasteiger partial charge in [-0.3, -0.25) is 4.79 Å². The summed E-state index contributed by atoms with van der Waals surface area (Å²) in [7, 11) is 0. The van der Waals surface area contributed by atoms with Gasteiger partial charge in [0.25, 0.3) is 0 Å². The normalized spacial score (nSPS) is 10.6. The van der Waals surface area contributed by atoms with Crippen LogP contribution in [0.15, 0.2) is 22.8 Å². The molecule has 66 valence electrons. The van der Waals surface area contributed by atoms with Gasteiger partial charge < -0.3 is 4.40 Å². The van der Waals surface area contributed by atoms with Gasteiger partial charge >= 0.3 is 0 Å². The fraction of sp³-hybridized carbons (Fsp3) is 0.111. The smallest absolute Gasteiger partial charge is 0.170 e. The minimum absolute atomic E-state index is 0.477. The lowest BCUT2D eigenvalue weighted by Gasteiger charge is -1.97. The van der Waals surface area contributed by atoms with E-state index < -0.39 is 0 Å². The molecule has 2 aromatic rings. The number of aldehydes is 1. The van der Waals surface area contributed by atoms with Crippen molar-refractivity contribution in [1.82, 2.24) is 9.38 Å². The summed E-state index contributed by atoms with van der Waals surface area (Å²) in [4.78, 5) is 14.8. The van der Waals surface area contributed by atoms with Gasteiger partial charge in [0, 0.05) is 10.7 Å². The zero-order chi connectivity index (χ0) is 9.42. The molecule has 3 nitrogen and oxygen atoms in total. The van der Waals surface area contributed by atoms with Crippen LogP contribution < -0.4 is 0 Å². The van der Waals surface area contributed by atoms with E-state index in [1.165, 1.54) is 0 Å². The first-order valence-electron chi connectivity index (χ1n) is 3.82. The lowest BCUT2D eigenvalue weighted by Crippen LogP contribution is -1.86. The average molecular weight is 239 g/mol. The molecule has 0 bridgehead atoms. The second kappa shape index (κ2) is 2.96. The fourth-order valence-electron chi connectivity index (χ4n) is 1.36. The van der Waals surface area contributed by atoms with Gasteiger partial charge in [0.15, 0.2) is 6.29 Å². The molecule has 0 atom stereocenters. The molecule has 13 heavy (non-hydrogen) atoms. The maximum absolute atomic E-state index is 10.7. The summed E-state index contributed by atoms with van der Waals surface area (Å²) in [5, 5.41) is 0. The lowest BCUT2D eigenvalue weighted by molar-refractivity contribution is 0.112. The van der Waals surface area contributed by atoms with Gasteiger partial charge in [-0.2, -0.15) is 0 Å². The number of pyridine rings is 1. The van der Waals surface area contributed by atoms with Crippen molar-refractivity contribution in [3.8, 4) is 0 Å². The van der Waals surface area contributed by atoms with Crippen LogP contribution in [0.1, 0.15) is 16.3 Å². The molecule has 4 heteroatoms. The zero-order valence-corrected chi connectivity index (χ0v) is 8.58. The van der Waals surface area contributed by atoms with E-state index in [0.29, 0.717) is 5.69 Å². The molecular weight excluding hydrogens is 232 g/mol. The Balaban J connectivity index is 2.96. The third kappa shape index (κ3) is 1.18. The second-order valence-corrected chi connectivity index (χ2v) is 3.59. The number of rotatable bonds is 1. The van der Waals surface area contributed by atoms with Crippen LogP contribution in [0.5, 0.6) is 0 Å². The molecule has 0 aliphatic heterocycles. The summed E-state index contributed by atoms with van der Waals surface area (Å²) < 4.78 is 2.77. The van der Waals surface area contributed by atoms with Crippen LogP contribution in [0, 0.1) is 6.92 Å². The Morgan fingerprint density at radius 3 is 3.08 bits per heavy atom. The van der Waals surface area contributed by atoms with Crippen LogP contribution in [0.4, 0.5) is 0 Å². The largest absolute Gasteiger partial charge is 0.302 e. The molecule has 0 fully saturated rings. The van der Waals surface area contributed by atoms with Crippen molar-refractivity contribution in [3.63, 3.8) is 0 Å². The number of imidazole rings is 1. The maximum atomic E-state index is 10.7. The third-order valence-corrected chi connectivity index (χ3v) is 2.57. The van der Waals surface area contributed by atoms with Crippen LogP contribution >= 0.6 is 15.9 Å². The van der Waals surface area contributed by atoms with Gasteiger partial charge in [0.2, 0.25) is 0 Å². The highest BCUT2D eigenvalue weighted by Crippen LogP contribution is 2.21. The van der Waals surface area contributed by atoms with E-state index in [1.807, 2.05) is 29.7 Å². The average Bonchev–Trinajstić information content (AvgIpc) is 2.45. The van der Waals surface area contributed by atoms with Gasteiger partial charge in [-0.15, -0.1) is 0 Å². The van der Waals surface area contributed by atoms with Crippen LogP contribution in [-0.4, -0.2) is 15.7 Å². The SMILES string of the molecule is Cc1nc(C=O)c2c(Br)cccn12. The maximum Gasteiger partial charge on any atom is 0.170 e. The van der Waals surface area contributed by atoms with Gasteiger partial charge in [-0.1, -0.05) is 0 Å². The molecule has 0 saturated carbocycles. The van der Waals surface area contributed by atoms with Crippen molar-refractivity contribution in [2.24, 2.45) is 0 Å². The van der Waals surface area contributed by atoms with Gasteiger partial charge in [0.1, 0.15) is 11.5 Å². The number of fused-ring (bicyclic) bond motifs is 1. The molecule has 0 aromatic carbocycles. The predicted molar refractivity (Wildman–Crippen MR) is 53.0 cm³/mol. The van der Waals surface area contributed by atoms with Crippen molar-refractivity contribution in [1.29, 1.82) is 0 Å². The molecule has 0 saturated heterocycles. The second-order valence-electron chi connectivity index (χ2n) is 2.74. The Hall–Kier alpha value is -1.16. The highest BCUT2D eigenvalue weighted by molar-refractivity contribution is 9.10. The molecule has 0 spiro atoms. The Labute approximate surface area is 83.5 Å². The van der Waals surface area contributed by atoms with E-state index >= 15 is 0 Å². The van der Waals surface area contributed by atoms with E-state index in [9.17, 15) is 4.79 Å². The Bertz CT molecular complexity index is 476. The summed E-state index contributed by atoms with van der Waals surface area (Å²) in [6, 6.07) is 3.80. The number of carbonyl (C=O) groups excluding carboxylic acids is 1. The summed E-state index contributed by atoms with van der Waals surface area (Å²) in [5.41, 5.74) is 1.31. The van der Waals surface area contributed by atoms with E-state index in [0.717, 1.165) is 22.1 Å². The Morgan fingerprint density at radius 1 is 1.62 bits per heavy atom. The highest BCUT2D eigenvalue weighted by Gasteiger charge is 2.08. The van der Waals surface area contributed by atoms with Gasteiger partial charge in [-0.25, -0.2) is 4.98 Å². The molecule has 0 radical (unpaired) electrons.